The van der Waals surface area contributed by atoms with E-state index in [1.165, 1.54) is 0 Å². The molecule has 1 aromatic carbocycles. The minimum atomic E-state index is -0.917. The van der Waals surface area contributed by atoms with E-state index in [1.807, 2.05) is 0 Å². The van der Waals surface area contributed by atoms with Crippen LogP contribution in [0.4, 0.5) is 8.78 Å². The van der Waals surface area contributed by atoms with Gasteiger partial charge < -0.3 is 0 Å². The molecule has 0 saturated heterocycles. The highest BCUT2D eigenvalue weighted by Gasteiger charge is 2.28. The van der Waals surface area contributed by atoms with E-state index in [1.54, 1.807) is 20.8 Å². The smallest absolute Gasteiger partial charge is 0.174 e. The van der Waals surface area contributed by atoms with E-state index in [-0.39, 0.29) is 5.02 Å². The van der Waals surface area contributed by atoms with Crippen molar-refractivity contribution in [3.8, 4) is 0 Å². The summed E-state index contributed by atoms with van der Waals surface area (Å²) in [7, 11) is 0. The summed E-state index contributed by atoms with van der Waals surface area (Å²) in [5, 5.41) is -0.0598. The van der Waals surface area contributed by atoms with Gasteiger partial charge in [0.05, 0.1) is 5.56 Å². The molecule has 0 bridgehead atoms. The fourth-order valence-corrected chi connectivity index (χ4v) is 1.33. The van der Waals surface area contributed by atoms with Crippen molar-refractivity contribution in [2.75, 3.05) is 0 Å². The number of hydrogen-bond acceptors (Lipinski definition) is 1. The van der Waals surface area contributed by atoms with Crippen LogP contribution in [-0.2, 0) is 0 Å². The highest BCUT2D eigenvalue weighted by molar-refractivity contribution is 6.30. The van der Waals surface area contributed by atoms with Crippen molar-refractivity contribution in [2.45, 2.75) is 20.8 Å². The molecule has 0 aromatic heterocycles. The molecule has 0 atom stereocenters. The topological polar surface area (TPSA) is 17.1 Å². The van der Waals surface area contributed by atoms with Gasteiger partial charge >= 0.3 is 0 Å². The van der Waals surface area contributed by atoms with Crippen molar-refractivity contribution in [2.24, 2.45) is 5.41 Å². The van der Waals surface area contributed by atoms with Crippen LogP contribution in [-0.4, -0.2) is 5.78 Å². The molecule has 82 valence electrons. The van der Waals surface area contributed by atoms with E-state index < -0.39 is 28.4 Å². The van der Waals surface area contributed by atoms with Gasteiger partial charge in [-0.15, -0.1) is 0 Å². The summed E-state index contributed by atoms with van der Waals surface area (Å²) in [6, 6.07) is 1.87. The van der Waals surface area contributed by atoms with Crippen molar-refractivity contribution in [3.05, 3.63) is 34.4 Å². The van der Waals surface area contributed by atoms with Crippen LogP contribution in [0.5, 0.6) is 0 Å². The van der Waals surface area contributed by atoms with Crippen molar-refractivity contribution < 1.29 is 13.6 Å². The van der Waals surface area contributed by atoms with E-state index in [9.17, 15) is 13.6 Å². The predicted molar refractivity (Wildman–Crippen MR) is 55.2 cm³/mol. The number of ketones is 1. The van der Waals surface area contributed by atoms with Gasteiger partial charge in [-0.05, 0) is 12.1 Å². The number of carbonyl (C=O) groups is 1. The molecule has 1 nitrogen and oxygen atoms in total. The van der Waals surface area contributed by atoms with Crippen LogP contribution >= 0.6 is 11.6 Å². The summed E-state index contributed by atoms with van der Waals surface area (Å²) >= 11 is 5.45. The lowest BCUT2D eigenvalue weighted by molar-refractivity contribution is 0.0849. The van der Waals surface area contributed by atoms with Crippen LogP contribution in [0, 0.1) is 17.0 Å². The summed E-state index contributed by atoms with van der Waals surface area (Å²) in [6.45, 7) is 4.80. The Hall–Kier alpha value is -0.960. The minimum Gasteiger partial charge on any atom is -0.293 e. The number of benzene rings is 1. The zero-order chi connectivity index (χ0) is 11.8. The third kappa shape index (κ3) is 2.53. The van der Waals surface area contributed by atoms with Gasteiger partial charge in [0, 0.05) is 10.4 Å². The second kappa shape index (κ2) is 3.89. The third-order valence-electron chi connectivity index (χ3n) is 1.92. The molecule has 15 heavy (non-hydrogen) atoms. The van der Waals surface area contributed by atoms with Crippen LogP contribution in [0.3, 0.4) is 0 Å². The van der Waals surface area contributed by atoms with E-state index in [0.29, 0.717) is 0 Å². The van der Waals surface area contributed by atoms with Crippen LogP contribution in [0.2, 0.25) is 5.02 Å². The SMILES string of the molecule is CC(C)(C)C(=O)c1c(F)cc(Cl)cc1F. The Morgan fingerprint density at radius 3 is 1.93 bits per heavy atom. The Morgan fingerprint density at radius 2 is 1.60 bits per heavy atom. The van der Waals surface area contributed by atoms with Crippen molar-refractivity contribution >= 4 is 17.4 Å². The fourth-order valence-electron chi connectivity index (χ4n) is 1.13. The molecule has 1 aromatic rings. The molecule has 0 aliphatic heterocycles. The van der Waals surface area contributed by atoms with Crippen LogP contribution in [0.15, 0.2) is 12.1 Å². The van der Waals surface area contributed by atoms with Crippen LogP contribution < -0.4 is 0 Å². The molecule has 0 unspecified atom stereocenters. The van der Waals surface area contributed by atoms with Crippen LogP contribution in [0.1, 0.15) is 31.1 Å². The second-order valence-electron chi connectivity index (χ2n) is 4.32. The first-order chi connectivity index (χ1) is 6.73. The van der Waals surface area contributed by atoms with Crippen molar-refractivity contribution in [3.63, 3.8) is 0 Å². The standard InChI is InChI=1S/C11H11ClF2O/c1-11(2,3)10(15)9-7(13)4-6(12)5-8(9)14/h4-5H,1-3H3. The number of rotatable bonds is 1. The van der Waals surface area contributed by atoms with Crippen molar-refractivity contribution in [1.82, 2.24) is 0 Å². The maximum absolute atomic E-state index is 13.3. The summed E-state index contributed by atoms with van der Waals surface area (Å²) in [5.74, 6) is -2.41. The lowest BCUT2D eigenvalue weighted by Crippen LogP contribution is -2.22. The summed E-state index contributed by atoms with van der Waals surface area (Å²) in [6.07, 6.45) is 0. The number of halogens is 3. The lowest BCUT2D eigenvalue weighted by Gasteiger charge is -2.17. The first-order valence-electron chi connectivity index (χ1n) is 4.43. The average Bonchev–Trinajstić information content (AvgIpc) is 1.99. The Kier molecular flexibility index (Phi) is 3.14. The molecule has 1 rings (SSSR count). The van der Waals surface area contributed by atoms with Gasteiger partial charge in [-0.1, -0.05) is 32.4 Å². The highest BCUT2D eigenvalue weighted by atomic mass is 35.5. The quantitative estimate of drug-likeness (QED) is 0.673. The predicted octanol–water partition coefficient (Wildman–Crippen LogP) is 3.85. The summed E-state index contributed by atoms with van der Waals surface area (Å²) in [4.78, 5) is 11.7. The first kappa shape index (κ1) is 12.1. The maximum atomic E-state index is 13.3. The molecular weight excluding hydrogens is 222 g/mol. The maximum Gasteiger partial charge on any atom is 0.174 e. The van der Waals surface area contributed by atoms with E-state index >= 15 is 0 Å². The Balaban J connectivity index is 3.33. The van der Waals surface area contributed by atoms with E-state index in [2.05, 4.69) is 0 Å². The molecule has 0 spiro atoms. The van der Waals surface area contributed by atoms with Gasteiger partial charge in [0.2, 0.25) is 0 Å². The summed E-state index contributed by atoms with van der Waals surface area (Å²) < 4.78 is 26.7. The highest BCUT2D eigenvalue weighted by Crippen LogP contribution is 2.26. The summed E-state index contributed by atoms with van der Waals surface area (Å²) in [5.41, 5.74) is -1.35. The molecule has 0 aliphatic rings. The molecule has 0 radical (unpaired) electrons. The zero-order valence-electron chi connectivity index (χ0n) is 8.70. The van der Waals surface area contributed by atoms with Crippen molar-refractivity contribution in [1.29, 1.82) is 0 Å². The van der Waals surface area contributed by atoms with E-state index in [0.717, 1.165) is 12.1 Å². The molecular formula is C11H11ClF2O. The molecule has 0 amide bonds. The first-order valence-corrected chi connectivity index (χ1v) is 4.80. The minimum absolute atomic E-state index is 0.0598. The molecule has 0 aliphatic carbocycles. The Morgan fingerprint density at radius 1 is 1.20 bits per heavy atom. The van der Waals surface area contributed by atoms with Gasteiger partial charge in [-0.2, -0.15) is 0 Å². The molecule has 0 saturated carbocycles. The Labute approximate surface area is 92.1 Å². The number of hydrogen-bond donors (Lipinski definition) is 0. The van der Waals surface area contributed by atoms with Gasteiger partial charge in [0.25, 0.3) is 0 Å². The zero-order valence-corrected chi connectivity index (χ0v) is 9.45. The van der Waals surface area contributed by atoms with Gasteiger partial charge in [0.1, 0.15) is 11.6 Å². The Bertz CT molecular complexity index is 385. The van der Waals surface area contributed by atoms with Crippen LogP contribution in [0.25, 0.3) is 0 Å². The third-order valence-corrected chi connectivity index (χ3v) is 2.13. The van der Waals surface area contributed by atoms with E-state index in [4.69, 9.17) is 11.6 Å². The second-order valence-corrected chi connectivity index (χ2v) is 4.76. The molecule has 0 N–H and O–H groups in total. The van der Waals surface area contributed by atoms with Gasteiger partial charge in [0.15, 0.2) is 5.78 Å². The molecule has 0 fully saturated rings. The van der Waals surface area contributed by atoms with Gasteiger partial charge in [-0.3, -0.25) is 4.79 Å². The fraction of sp³-hybridized carbons (Fsp3) is 0.364. The molecule has 0 heterocycles. The lowest BCUT2D eigenvalue weighted by atomic mass is 9.86. The number of carbonyl (C=O) groups excluding carboxylic acids is 1. The normalized spacial score (nSPS) is 11.6. The average molecular weight is 233 g/mol. The van der Waals surface area contributed by atoms with Gasteiger partial charge in [-0.25, -0.2) is 8.78 Å². The number of Topliss-reactive ketones (excluding diaryl/α,β-unsaturated/α-hetero) is 1. The monoisotopic (exact) mass is 232 g/mol. The molecule has 4 heteroatoms. The largest absolute Gasteiger partial charge is 0.293 e.